The van der Waals surface area contributed by atoms with Crippen LogP contribution in [0.25, 0.3) is 0 Å². The molecule has 3 aliphatic heterocycles. The molecule has 3 fully saturated rings. The van der Waals surface area contributed by atoms with E-state index in [0.717, 1.165) is 37.9 Å². The summed E-state index contributed by atoms with van der Waals surface area (Å²) in [4.78, 5) is 43.2. The molecule has 0 radical (unpaired) electrons. The molecule has 1 aromatic rings. The van der Waals surface area contributed by atoms with Crippen LogP contribution in [0, 0.1) is 0 Å². The predicted octanol–water partition coefficient (Wildman–Crippen LogP) is 1.23. The van der Waals surface area contributed by atoms with Gasteiger partial charge in [-0.3, -0.25) is 19.3 Å². The van der Waals surface area contributed by atoms with E-state index in [0.29, 0.717) is 31.2 Å². The van der Waals surface area contributed by atoms with Gasteiger partial charge in [-0.1, -0.05) is 19.1 Å². The number of nitrogens with zero attached hydrogens (tertiary/aromatic N) is 3. The van der Waals surface area contributed by atoms with Gasteiger partial charge in [0.1, 0.15) is 12.6 Å². The van der Waals surface area contributed by atoms with Crippen molar-refractivity contribution < 1.29 is 14.4 Å². The van der Waals surface area contributed by atoms with Crippen LogP contribution in [-0.4, -0.2) is 77.2 Å². The summed E-state index contributed by atoms with van der Waals surface area (Å²) in [5.74, 6) is 0.0161. The zero-order valence-corrected chi connectivity index (χ0v) is 17.1. The van der Waals surface area contributed by atoms with Crippen molar-refractivity contribution in [3.8, 4) is 0 Å². The topological polar surface area (TPSA) is 73.0 Å². The number of carbonyl (C=O) groups is 3. The largest absolute Gasteiger partial charge is 0.350 e. The number of piperazine rings is 1. The molecule has 0 saturated carbocycles. The van der Waals surface area contributed by atoms with Gasteiger partial charge in [-0.2, -0.15) is 0 Å². The van der Waals surface area contributed by atoms with E-state index < -0.39 is 0 Å². The lowest BCUT2D eigenvalue weighted by Gasteiger charge is -2.36. The standard InChI is InChI=1S/C22H30N4O3/c1-2-24-11-3-5-18(24)13-23-21(28)17-9-7-16(8-10-17)14-25-15-20(27)26-12-4-6-19(26)22(25)29/h7-10,18-19H,2-6,11-15H2,1H3,(H,23,28)/t18-,19+/m1/s1. The van der Waals surface area contributed by atoms with E-state index in [9.17, 15) is 14.4 Å². The molecule has 3 heterocycles. The molecule has 29 heavy (non-hydrogen) atoms. The van der Waals surface area contributed by atoms with Gasteiger partial charge in [-0.25, -0.2) is 0 Å². The Morgan fingerprint density at radius 3 is 2.62 bits per heavy atom. The Kier molecular flexibility index (Phi) is 5.85. The first-order chi connectivity index (χ1) is 14.1. The average Bonchev–Trinajstić information content (AvgIpc) is 3.40. The minimum atomic E-state index is -0.278. The number of amides is 3. The van der Waals surface area contributed by atoms with Crippen molar-refractivity contribution >= 4 is 17.7 Å². The first-order valence-electron chi connectivity index (χ1n) is 10.8. The van der Waals surface area contributed by atoms with Crippen LogP contribution in [0.1, 0.15) is 48.5 Å². The third-order valence-electron chi connectivity index (χ3n) is 6.49. The maximum absolute atomic E-state index is 12.7. The van der Waals surface area contributed by atoms with E-state index in [-0.39, 0.29) is 30.3 Å². The van der Waals surface area contributed by atoms with Crippen molar-refractivity contribution in [3.63, 3.8) is 0 Å². The Balaban J connectivity index is 1.32. The molecule has 0 aliphatic carbocycles. The Hall–Kier alpha value is -2.41. The van der Waals surface area contributed by atoms with E-state index in [1.165, 1.54) is 6.42 Å². The van der Waals surface area contributed by atoms with Crippen LogP contribution in [0.5, 0.6) is 0 Å². The second-order valence-corrected chi connectivity index (χ2v) is 8.27. The molecule has 3 saturated heterocycles. The number of hydrogen-bond donors (Lipinski definition) is 1. The monoisotopic (exact) mass is 398 g/mol. The lowest BCUT2D eigenvalue weighted by Crippen LogP contribution is -2.56. The third kappa shape index (κ3) is 4.15. The maximum atomic E-state index is 12.7. The smallest absolute Gasteiger partial charge is 0.251 e. The number of likely N-dealkylation sites (tertiary alicyclic amines) is 1. The van der Waals surface area contributed by atoms with Crippen molar-refractivity contribution in [3.05, 3.63) is 35.4 Å². The van der Waals surface area contributed by atoms with Crippen LogP contribution < -0.4 is 5.32 Å². The summed E-state index contributed by atoms with van der Waals surface area (Å²) in [7, 11) is 0. The molecule has 3 amide bonds. The molecule has 1 aromatic carbocycles. The number of carbonyl (C=O) groups excluding carboxylic acids is 3. The van der Waals surface area contributed by atoms with Crippen LogP contribution in [0.15, 0.2) is 24.3 Å². The van der Waals surface area contributed by atoms with Gasteiger partial charge in [0.05, 0.1) is 0 Å². The number of fused-ring (bicyclic) bond motifs is 1. The van der Waals surface area contributed by atoms with E-state index in [1.807, 2.05) is 12.1 Å². The molecule has 7 nitrogen and oxygen atoms in total. The summed E-state index contributed by atoms with van der Waals surface area (Å²) < 4.78 is 0. The fourth-order valence-corrected chi connectivity index (χ4v) is 4.84. The minimum Gasteiger partial charge on any atom is -0.350 e. The molecule has 0 aromatic heterocycles. The minimum absolute atomic E-state index is 0.0381. The molecule has 0 unspecified atom stereocenters. The second kappa shape index (κ2) is 8.53. The third-order valence-corrected chi connectivity index (χ3v) is 6.49. The van der Waals surface area contributed by atoms with E-state index >= 15 is 0 Å². The quantitative estimate of drug-likeness (QED) is 0.782. The van der Waals surface area contributed by atoms with Crippen molar-refractivity contribution in [2.75, 3.05) is 32.7 Å². The summed E-state index contributed by atoms with van der Waals surface area (Å²) in [6.07, 6.45) is 3.99. The summed E-state index contributed by atoms with van der Waals surface area (Å²) in [6, 6.07) is 7.51. The summed E-state index contributed by atoms with van der Waals surface area (Å²) in [5, 5.41) is 3.05. The van der Waals surface area contributed by atoms with E-state index in [2.05, 4.69) is 17.1 Å². The van der Waals surface area contributed by atoms with Gasteiger partial charge in [-0.05, 0) is 56.5 Å². The van der Waals surface area contributed by atoms with Crippen LogP contribution in [0.2, 0.25) is 0 Å². The molecule has 3 aliphatic rings. The number of benzene rings is 1. The number of likely N-dealkylation sites (N-methyl/N-ethyl adjacent to an activating group) is 1. The average molecular weight is 399 g/mol. The van der Waals surface area contributed by atoms with Crippen molar-refractivity contribution in [1.29, 1.82) is 0 Å². The summed E-state index contributed by atoms with van der Waals surface area (Å²) in [6.45, 7) is 6.22. The van der Waals surface area contributed by atoms with Gasteiger partial charge in [0.15, 0.2) is 0 Å². The number of rotatable bonds is 6. The maximum Gasteiger partial charge on any atom is 0.251 e. The zero-order valence-electron chi connectivity index (χ0n) is 17.1. The van der Waals surface area contributed by atoms with Crippen LogP contribution >= 0.6 is 0 Å². The highest BCUT2D eigenvalue weighted by atomic mass is 16.2. The fourth-order valence-electron chi connectivity index (χ4n) is 4.84. The molecule has 1 N–H and O–H groups in total. The molecule has 0 bridgehead atoms. The second-order valence-electron chi connectivity index (χ2n) is 8.27. The fraction of sp³-hybridized carbons (Fsp3) is 0.591. The van der Waals surface area contributed by atoms with Gasteiger partial charge in [0.25, 0.3) is 5.91 Å². The van der Waals surface area contributed by atoms with E-state index in [1.54, 1.807) is 21.9 Å². The Morgan fingerprint density at radius 2 is 1.86 bits per heavy atom. The Labute approximate surface area is 172 Å². The van der Waals surface area contributed by atoms with E-state index in [4.69, 9.17) is 0 Å². The Morgan fingerprint density at radius 1 is 1.10 bits per heavy atom. The van der Waals surface area contributed by atoms with Gasteiger partial charge in [0.2, 0.25) is 11.8 Å². The van der Waals surface area contributed by atoms with Gasteiger partial charge in [0, 0.05) is 31.2 Å². The van der Waals surface area contributed by atoms with Crippen molar-refractivity contribution in [2.45, 2.75) is 51.2 Å². The lowest BCUT2D eigenvalue weighted by molar-refractivity contribution is -0.154. The molecule has 156 valence electrons. The predicted molar refractivity (Wildman–Crippen MR) is 109 cm³/mol. The van der Waals surface area contributed by atoms with Crippen LogP contribution in [0.3, 0.4) is 0 Å². The lowest BCUT2D eigenvalue weighted by atomic mass is 10.1. The molecule has 7 heteroatoms. The SMILES string of the molecule is CCN1CCC[C@@H]1CNC(=O)c1ccc(CN2CC(=O)N3CCC[C@H]3C2=O)cc1. The first-order valence-corrected chi connectivity index (χ1v) is 10.8. The molecule has 2 atom stereocenters. The summed E-state index contributed by atoms with van der Waals surface area (Å²) >= 11 is 0. The van der Waals surface area contributed by atoms with Gasteiger partial charge in [-0.15, -0.1) is 0 Å². The molecule has 4 rings (SSSR count). The normalized spacial score (nSPS) is 24.9. The molecule has 0 spiro atoms. The van der Waals surface area contributed by atoms with Gasteiger partial charge < -0.3 is 15.1 Å². The Bertz CT molecular complexity index is 779. The number of hydrogen-bond acceptors (Lipinski definition) is 4. The van der Waals surface area contributed by atoms with Crippen LogP contribution in [0.4, 0.5) is 0 Å². The molecular weight excluding hydrogens is 368 g/mol. The first kappa shape index (κ1) is 19.9. The van der Waals surface area contributed by atoms with Crippen molar-refractivity contribution in [2.24, 2.45) is 0 Å². The van der Waals surface area contributed by atoms with Crippen LogP contribution in [-0.2, 0) is 16.1 Å². The highest BCUT2D eigenvalue weighted by Gasteiger charge is 2.41. The van der Waals surface area contributed by atoms with Gasteiger partial charge >= 0.3 is 0 Å². The zero-order chi connectivity index (χ0) is 20.4. The summed E-state index contributed by atoms with van der Waals surface area (Å²) in [5.41, 5.74) is 1.56. The highest BCUT2D eigenvalue weighted by molar-refractivity contribution is 5.95. The highest BCUT2D eigenvalue weighted by Crippen LogP contribution is 2.24. The van der Waals surface area contributed by atoms with Crippen molar-refractivity contribution in [1.82, 2.24) is 20.0 Å². The molecular formula is C22H30N4O3. The number of nitrogens with one attached hydrogen (secondary N) is 1.